The molecule has 2 nitrogen and oxygen atoms in total. The average molecular weight is 298 g/mol. The molecule has 0 heterocycles. The van der Waals surface area contributed by atoms with E-state index in [2.05, 4.69) is 0 Å². The van der Waals surface area contributed by atoms with Crippen molar-refractivity contribution in [1.29, 1.82) is 0 Å². The van der Waals surface area contributed by atoms with Gasteiger partial charge in [0.05, 0.1) is 26.5 Å². The molecular formula is C14H13ClFNOS. The zero-order valence-corrected chi connectivity index (χ0v) is 11.7. The summed E-state index contributed by atoms with van der Waals surface area (Å²) in [6, 6.07) is 11.8. The summed E-state index contributed by atoms with van der Waals surface area (Å²) in [5, 5.41) is 0.427. The summed E-state index contributed by atoms with van der Waals surface area (Å²) in [5.74, 6) is -0.297. The lowest BCUT2D eigenvalue weighted by Crippen LogP contribution is -2.05. The summed E-state index contributed by atoms with van der Waals surface area (Å²) >= 11 is 5.98. The first kappa shape index (κ1) is 14.2. The molecule has 2 N–H and O–H groups in total. The molecule has 0 radical (unpaired) electrons. The van der Waals surface area contributed by atoms with Crippen LogP contribution in [0.4, 0.5) is 4.39 Å². The molecule has 5 heteroatoms. The predicted molar refractivity (Wildman–Crippen MR) is 75.9 cm³/mol. The maximum atomic E-state index is 14.0. The van der Waals surface area contributed by atoms with Gasteiger partial charge in [0.2, 0.25) is 0 Å². The smallest absolute Gasteiger partial charge is 0.131 e. The van der Waals surface area contributed by atoms with Crippen LogP contribution in [0, 0.1) is 5.82 Å². The number of benzene rings is 2. The van der Waals surface area contributed by atoms with Gasteiger partial charge in [-0.3, -0.25) is 4.21 Å². The molecule has 100 valence electrons. The normalized spacial score (nSPS) is 12.4. The van der Waals surface area contributed by atoms with Crippen LogP contribution in [0.25, 0.3) is 0 Å². The maximum absolute atomic E-state index is 14.0. The van der Waals surface area contributed by atoms with E-state index < -0.39 is 10.8 Å². The third kappa shape index (κ3) is 3.21. The molecule has 1 unspecified atom stereocenters. The van der Waals surface area contributed by atoms with Gasteiger partial charge in [0.25, 0.3) is 0 Å². The van der Waals surface area contributed by atoms with E-state index in [0.717, 1.165) is 0 Å². The highest BCUT2D eigenvalue weighted by molar-refractivity contribution is 7.84. The minimum atomic E-state index is -1.38. The zero-order chi connectivity index (χ0) is 13.8. The van der Waals surface area contributed by atoms with Gasteiger partial charge in [-0.05, 0) is 12.1 Å². The molecule has 2 aromatic rings. The van der Waals surface area contributed by atoms with Crippen molar-refractivity contribution in [1.82, 2.24) is 0 Å². The van der Waals surface area contributed by atoms with E-state index in [1.807, 2.05) is 0 Å². The topological polar surface area (TPSA) is 43.1 Å². The second kappa shape index (κ2) is 6.28. The lowest BCUT2D eigenvalue weighted by Gasteiger charge is -2.08. The molecule has 0 aromatic heterocycles. The second-order valence-electron chi connectivity index (χ2n) is 4.01. The highest BCUT2D eigenvalue weighted by Gasteiger charge is 2.13. The Hall–Kier alpha value is -1.23. The highest BCUT2D eigenvalue weighted by Crippen LogP contribution is 2.23. The highest BCUT2D eigenvalue weighted by atomic mass is 35.5. The molecular weight excluding hydrogens is 285 g/mol. The molecule has 19 heavy (non-hydrogen) atoms. The summed E-state index contributed by atoms with van der Waals surface area (Å²) in [6.07, 6.45) is 0. The first-order chi connectivity index (χ1) is 9.13. The standard InChI is InChI=1S/C14H13ClFNOS/c15-12-6-1-2-7-13(12)19(18)9-11-5-3-4-10(8-17)14(11)16/h1-7H,8-9,17H2. The van der Waals surface area contributed by atoms with Gasteiger partial charge in [-0.2, -0.15) is 0 Å². The van der Waals surface area contributed by atoms with Crippen molar-refractivity contribution < 1.29 is 8.60 Å². The van der Waals surface area contributed by atoms with Crippen molar-refractivity contribution >= 4 is 22.4 Å². The van der Waals surface area contributed by atoms with Gasteiger partial charge in [-0.1, -0.05) is 41.9 Å². The van der Waals surface area contributed by atoms with Crippen LogP contribution < -0.4 is 5.73 Å². The molecule has 2 aromatic carbocycles. The van der Waals surface area contributed by atoms with Crippen LogP contribution in [-0.2, 0) is 23.1 Å². The van der Waals surface area contributed by atoms with Crippen molar-refractivity contribution in [3.05, 3.63) is 64.4 Å². The molecule has 0 spiro atoms. The van der Waals surface area contributed by atoms with E-state index in [1.165, 1.54) is 0 Å². The van der Waals surface area contributed by atoms with E-state index >= 15 is 0 Å². The Morgan fingerprint density at radius 1 is 1.11 bits per heavy atom. The number of rotatable bonds is 4. The van der Waals surface area contributed by atoms with Crippen molar-refractivity contribution in [2.75, 3.05) is 0 Å². The summed E-state index contributed by atoms with van der Waals surface area (Å²) in [6.45, 7) is 0.123. The number of hydrogen-bond donors (Lipinski definition) is 1. The van der Waals surface area contributed by atoms with Gasteiger partial charge < -0.3 is 5.73 Å². The van der Waals surface area contributed by atoms with Gasteiger partial charge in [-0.25, -0.2) is 4.39 Å². The zero-order valence-electron chi connectivity index (χ0n) is 10.1. The van der Waals surface area contributed by atoms with Crippen LogP contribution >= 0.6 is 11.6 Å². The van der Waals surface area contributed by atoms with Gasteiger partial charge in [0.1, 0.15) is 5.82 Å². The first-order valence-electron chi connectivity index (χ1n) is 5.72. The van der Waals surface area contributed by atoms with Gasteiger partial charge in [0.15, 0.2) is 0 Å². The molecule has 1 atom stereocenters. The Kier molecular flexibility index (Phi) is 4.69. The lowest BCUT2D eigenvalue weighted by atomic mass is 10.1. The number of nitrogens with two attached hydrogens (primary N) is 1. The van der Waals surface area contributed by atoms with Gasteiger partial charge >= 0.3 is 0 Å². The monoisotopic (exact) mass is 297 g/mol. The van der Waals surface area contributed by atoms with Gasteiger partial charge in [0, 0.05) is 17.7 Å². The summed E-state index contributed by atoms with van der Waals surface area (Å²) < 4.78 is 26.2. The van der Waals surface area contributed by atoms with Gasteiger partial charge in [-0.15, -0.1) is 0 Å². The lowest BCUT2D eigenvalue weighted by molar-refractivity contribution is 0.598. The molecule has 0 aliphatic carbocycles. The van der Waals surface area contributed by atoms with Crippen LogP contribution in [0.1, 0.15) is 11.1 Å². The van der Waals surface area contributed by atoms with Crippen LogP contribution in [0.2, 0.25) is 5.02 Å². The van der Waals surface area contributed by atoms with E-state index in [4.69, 9.17) is 17.3 Å². The van der Waals surface area contributed by atoms with Crippen molar-refractivity contribution in [2.24, 2.45) is 5.73 Å². The van der Waals surface area contributed by atoms with Crippen LogP contribution in [0.5, 0.6) is 0 Å². The van der Waals surface area contributed by atoms with E-state index in [1.54, 1.807) is 42.5 Å². The van der Waals surface area contributed by atoms with Crippen molar-refractivity contribution in [2.45, 2.75) is 17.2 Å². The van der Waals surface area contributed by atoms with E-state index in [-0.39, 0.29) is 18.1 Å². The van der Waals surface area contributed by atoms with E-state index in [9.17, 15) is 8.60 Å². The van der Waals surface area contributed by atoms with Crippen LogP contribution in [0.3, 0.4) is 0 Å². The Bertz CT molecular complexity index is 618. The van der Waals surface area contributed by atoms with Crippen molar-refractivity contribution in [3.8, 4) is 0 Å². The quantitative estimate of drug-likeness (QED) is 0.941. The fourth-order valence-corrected chi connectivity index (χ4v) is 3.32. The second-order valence-corrected chi connectivity index (χ2v) is 5.84. The minimum Gasteiger partial charge on any atom is -0.326 e. The minimum absolute atomic E-state index is 0.0867. The maximum Gasteiger partial charge on any atom is 0.131 e. The Morgan fingerprint density at radius 2 is 1.79 bits per heavy atom. The number of halogens is 2. The Morgan fingerprint density at radius 3 is 2.47 bits per heavy atom. The molecule has 0 aliphatic rings. The molecule has 0 bridgehead atoms. The first-order valence-corrected chi connectivity index (χ1v) is 7.42. The summed E-state index contributed by atoms with van der Waals surface area (Å²) in [5.41, 5.74) is 6.26. The largest absolute Gasteiger partial charge is 0.326 e. The summed E-state index contributed by atoms with van der Waals surface area (Å²) in [7, 11) is -1.38. The number of hydrogen-bond acceptors (Lipinski definition) is 2. The molecule has 2 rings (SSSR count). The molecule has 0 saturated heterocycles. The molecule has 0 fully saturated rings. The third-order valence-electron chi connectivity index (χ3n) is 2.75. The van der Waals surface area contributed by atoms with Crippen molar-refractivity contribution in [3.63, 3.8) is 0 Å². The average Bonchev–Trinajstić information content (AvgIpc) is 2.41. The fourth-order valence-electron chi connectivity index (χ4n) is 1.75. The Labute approximate surface area is 118 Å². The summed E-state index contributed by atoms with van der Waals surface area (Å²) in [4.78, 5) is 0.515. The van der Waals surface area contributed by atoms with Crippen LogP contribution in [-0.4, -0.2) is 4.21 Å². The third-order valence-corrected chi connectivity index (χ3v) is 4.61. The predicted octanol–water partition coefficient (Wildman–Crippen LogP) is 3.25. The SMILES string of the molecule is NCc1cccc(CS(=O)c2ccccc2Cl)c1F. The molecule has 0 aliphatic heterocycles. The van der Waals surface area contributed by atoms with Crippen LogP contribution in [0.15, 0.2) is 47.4 Å². The van der Waals surface area contributed by atoms with E-state index in [0.29, 0.717) is 21.0 Å². The molecule has 0 saturated carbocycles. The molecule has 0 amide bonds. The fraction of sp³-hybridized carbons (Fsp3) is 0.143. The Balaban J connectivity index is 2.27.